The average molecular weight is 422 g/mol. The molecule has 6 nitrogen and oxygen atoms in total. The van der Waals surface area contributed by atoms with Crippen molar-refractivity contribution in [1.82, 2.24) is 9.21 Å². The average Bonchev–Trinajstić information content (AvgIpc) is 2.59. The van der Waals surface area contributed by atoms with E-state index in [1.54, 1.807) is 20.8 Å². The molecule has 0 radical (unpaired) electrons. The molecule has 1 amide bonds. The molecule has 0 unspecified atom stereocenters. The number of carbonyl (C=O) groups is 1. The van der Waals surface area contributed by atoms with Crippen LogP contribution in [0.25, 0.3) is 0 Å². The van der Waals surface area contributed by atoms with Gasteiger partial charge in [0.15, 0.2) is 0 Å². The van der Waals surface area contributed by atoms with E-state index in [0.717, 1.165) is 22.5 Å². The predicted octanol–water partition coefficient (Wildman–Crippen LogP) is 3.73. The van der Waals surface area contributed by atoms with E-state index < -0.39 is 44.4 Å². The van der Waals surface area contributed by atoms with Crippen molar-refractivity contribution >= 4 is 16.1 Å². The van der Waals surface area contributed by atoms with E-state index in [1.807, 2.05) is 0 Å². The summed E-state index contributed by atoms with van der Waals surface area (Å²) in [5.41, 5.74) is -1.64. The maximum atomic E-state index is 12.9. The van der Waals surface area contributed by atoms with Crippen LogP contribution in [0.3, 0.4) is 0 Å². The molecule has 1 saturated heterocycles. The number of alkyl halides is 3. The second kappa shape index (κ2) is 7.90. The molecule has 2 rings (SSSR count). The van der Waals surface area contributed by atoms with Gasteiger partial charge in [0.05, 0.1) is 10.5 Å². The lowest BCUT2D eigenvalue weighted by Crippen LogP contribution is -2.48. The van der Waals surface area contributed by atoms with Gasteiger partial charge in [-0.3, -0.25) is 0 Å². The summed E-state index contributed by atoms with van der Waals surface area (Å²) in [6, 6.07) is 3.28. The Hall–Kier alpha value is -1.81. The molecule has 1 fully saturated rings. The number of likely N-dealkylation sites (tertiary alicyclic amines) is 1. The van der Waals surface area contributed by atoms with E-state index in [-0.39, 0.29) is 0 Å². The fourth-order valence-corrected chi connectivity index (χ4v) is 4.40. The number of carbonyl (C=O) groups excluding carboxylic acids is 1. The van der Waals surface area contributed by atoms with Gasteiger partial charge < -0.3 is 9.64 Å². The lowest BCUT2D eigenvalue weighted by atomic mass is 10.1. The Morgan fingerprint density at radius 2 is 1.75 bits per heavy atom. The monoisotopic (exact) mass is 422 g/mol. The maximum absolute atomic E-state index is 12.9. The Kier molecular flexibility index (Phi) is 6.34. The summed E-state index contributed by atoms with van der Waals surface area (Å²) in [5.74, 6) is 0. The highest BCUT2D eigenvalue weighted by Gasteiger charge is 2.35. The Morgan fingerprint density at radius 1 is 1.18 bits per heavy atom. The second-order valence-electron chi connectivity index (χ2n) is 7.75. The molecule has 0 spiro atoms. The van der Waals surface area contributed by atoms with Crippen LogP contribution in [0, 0.1) is 0 Å². The van der Waals surface area contributed by atoms with Gasteiger partial charge in [-0.2, -0.15) is 17.5 Å². The highest BCUT2D eigenvalue weighted by Crippen LogP contribution is 2.32. The van der Waals surface area contributed by atoms with Crippen LogP contribution < -0.4 is 0 Å². The molecule has 0 saturated carbocycles. The molecule has 28 heavy (non-hydrogen) atoms. The number of piperidine rings is 1. The van der Waals surface area contributed by atoms with Crippen LogP contribution in [0.4, 0.5) is 18.0 Å². The van der Waals surface area contributed by atoms with E-state index in [4.69, 9.17) is 4.74 Å². The van der Waals surface area contributed by atoms with Gasteiger partial charge >= 0.3 is 12.3 Å². The molecule has 1 heterocycles. The van der Waals surface area contributed by atoms with Crippen LogP contribution in [0.2, 0.25) is 0 Å². The summed E-state index contributed by atoms with van der Waals surface area (Å²) in [6.45, 7) is 5.89. The minimum absolute atomic E-state index is 0.308. The summed E-state index contributed by atoms with van der Waals surface area (Å²) < 4.78 is 70.6. The zero-order valence-electron chi connectivity index (χ0n) is 16.3. The van der Waals surface area contributed by atoms with Crippen molar-refractivity contribution in [2.24, 2.45) is 0 Å². The molecular formula is C18H25F3N2O4S. The third kappa shape index (κ3) is 5.38. The van der Waals surface area contributed by atoms with Gasteiger partial charge in [-0.15, -0.1) is 0 Å². The fourth-order valence-electron chi connectivity index (χ4n) is 2.93. The highest BCUT2D eigenvalue weighted by molar-refractivity contribution is 7.89. The lowest BCUT2D eigenvalue weighted by Gasteiger charge is -2.36. The summed E-state index contributed by atoms with van der Waals surface area (Å²) in [6.07, 6.45) is -4.35. The molecule has 0 N–H and O–H groups in total. The summed E-state index contributed by atoms with van der Waals surface area (Å²) in [5, 5.41) is 0. The second-order valence-corrected chi connectivity index (χ2v) is 9.74. The first-order chi connectivity index (χ1) is 12.7. The first-order valence-electron chi connectivity index (χ1n) is 8.85. The fraction of sp³-hybridized carbons (Fsp3) is 0.611. The van der Waals surface area contributed by atoms with Gasteiger partial charge in [0.25, 0.3) is 0 Å². The van der Waals surface area contributed by atoms with Gasteiger partial charge in [0.1, 0.15) is 5.60 Å². The van der Waals surface area contributed by atoms with E-state index in [2.05, 4.69) is 0 Å². The number of nitrogens with zero attached hydrogens (tertiary/aromatic N) is 2. The summed E-state index contributed by atoms with van der Waals surface area (Å²) in [7, 11) is -2.74. The van der Waals surface area contributed by atoms with E-state index >= 15 is 0 Å². The van der Waals surface area contributed by atoms with E-state index in [9.17, 15) is 26.4 Å². The Bertz CT molecular complexity index is 811. The largest absolute Gasteiger partial charge is 0.444 e. The number of benzene rings is 1. The zero-order valence-corrected chi connectivity index (χ0v) is 17.1. The Morgan fingerprint density at radius 3 is 2.25 bits per heavy atom. The molecule has 0 aliphatic carbocycles. The number of hydrogen-bond acceptors (Lipinski definition) is 4. The Labute approximate surface area is 163 Å². The SMILES string of the molecule is CN(C1CCN(C(=O)OC(C)(C)C)CC1)S(=O)(=O)c1cccc(C(F)(F)F)c1. The van der Waals surface area contributed by atoms with Crippen molar-refractivity contribution in [2.45, 2.75) is 56.3 Å². The van der Waals surface area contributed by atoms with Crippen molar-refractivity contribution in [2.75, 3.05) is 20.1 Å². The van der Waals surface area contributed by atoms with Crippen LogP contribution in [0.15, 0.2) is 29.2 Å². The first-order valence-corrected chi connectivity index (χ1v) is 10.3. The third-order valence-corrected chi connectivity index (χ3v) is 6.37. The van der Waals surface area contributed by atoms with E-state index in [0.29, 0.717) is 32.0 Å². The topological polar surface area (TPSA) is 66.9 Å². The van der Waals surface area contributed by atoms with Crippen LogP contribution in [0.1, 0.15) is 39.2 Å². The minimum atomic E-state index is -4.62. The number of hydrogen-bond donors (Lipinski definition) is 0. The van der Waals surface area contributed by atoms with Crippen molar-refractivity contribution < 1.29 is 31.1 Å². The van der Waals surface area contributed by atoms with Crippen molar-refractivity contribution in [3.05, 3.63) is 29.8 Å². The summed E-state index contributed by atoms with van der Waals surface area (Å²) >= 11 is 0. The highest BCUT2D eigenvalue weighted by atomic mass is 32.2. The van der Waals surface area contributed by atoms with Crippen LogP contribution in [0.5, 0.6) is 0 Å². The Balaban J connectivity index is 2.08. The molecule has 0 atom stereocenters. The van der Waals surface area contributed by atoms with Gasteiger partial charge in [-0.1, -0.05) is 6.07 Å². The first kappa shape index (κ1) is 22.5. The molecular weight excluding hydrogens is 397 g/mol. The standard InChI is InChI=1S/C18H25F3N2O4S/c1-17(2,3)27-16(24)23-10-8-14(9-11-23)22(4)28(25,26)15-7-5-6-13(12-15)18(19,20)21/h5-7,12,14H,8-11H2,1-4H3. The minimum Gasteiger partial charge on any atom is -0.444 e. The number of rotatable bonds is 3. The van der Waals surface area contributed by atoms with Gasteiger partial charge in [-0.25, -0.2) is 13.2 Å². The number of sulfonamides is 1. The van der Waals surface area contributed by atoms with Gasteiger partial charge in [0, 0.05) is 26.2 Å². The molecule has 10 heteroatoms. The van der Waals surface area contributed by atoms with Crippen LogP contribution >= 0.6 is 0 Å². The number of halogens is 3. The van der Waals surface area contributed by atoms with Gasteiger partial charge in [0.2, 0.25) is 10.0 Å². The van der Waals surface area contributed by atoms with Crippen molar-refractivity contribution in [1.29, 1.82) is 0 Å². The van der Waals surface area contributed by atoms with E-state index in [1.165, 1.54) is 11.9 Å². The molecule has 0 bridgehead atoms. The smallest absolute Gasteiger partial charge is 0.416 e. The van der Waals surface area contributed by atoms with Gasteiger partial charge in [-0.05, 0) is 51.8 Å². The molecule has 0 aromatic heterocycles. The normalized spacial score (nSPS) is 17.1. The van der Waals surface area contributed by atoms with Crippen LogP contribution in [-0.4, -0.2) is 55.5 Å². The quantitative estimate of drug-likeness (QED) is 0.745. The molecule has 158 valence electrons. The molecule has 1 aliphatic rings. The lowest BCUT2D eigenvalue weighted by molar-refractivity contribution is -0.137. The molecule has 1 aromatic carbocycles. The van der Waals surface area contributed by atoms with Crippen LogP contribution in [-0.2, 0) is 20.9 Å². The zero-order chi connectivity index (χ0) is 21.3. The third-order valence-electron chi connectivity index (χ3n) is 4.47. The number of amides is 1. The number of ether oxygens (including phenoxy) is 1. The van der Waals surface area contributed by atoms with Crippen molar-refractivity contribution in [3.8, 4) is 0 Å². The summed E-state index contributed by atoms with van der Waals surface area (Å²) in [4.78, 5) is 13.2. The maximum Gasteiger partial charge on any atom is 0.416 e. The van der Waals surface area contributed by atoms with Crippen molar-refractivity contribution in [3.63, 3.8) is 0 Å². The molecule has 1 aliphatic heterocycles. The molecule has 1 aromatic rings. The predicted molar refractivity (Wildman–Crippen MR) is 97.2 cm³/mol.